The van der Waals surface area contributed by atoms with Crippen LogP contribution < -0.4 is 11.1 Å². The largest absolute Gasteiger partial charge is 0.378 e. The molecule has 136 valence electrons. The number of primary amides is 1. The predicted octanol–water partition coefficient (Wildman–Crippen LogP) is 1.76. The molecule has 3 rings (SSSR count). The van der Waals surface area contributed by atoms with Gasteiger partial charge in [0.1, 0.15) is 6.42 Å². The fourth-order valence-electron chi connectivity index (χ4n) is 3.38. The van der Waals surface area contributed by atoms with E-state index >= 15 is 0 Å². The number of nitriles is 1. The van der Waals surface area contributed by atoms with Crippen LogP contribution in [0, 0.1) is 17.2 Å². The maximum atomic E-state index is 12.1. The molecule has 0 spiro atoms. The molecule has 0 bridgehead atoms. The van der Waals surface area contributed by atoms with Gasteiger partial charge in [-0.25, -0.2) is 4.52 Å². The molecule has 2 aromatic heterocycles. The summed E-state index contributed by atoms with van der Waals surface area (Å²) in [4.78, 5) is 25.7. The Labute approximate surface area is 159 Å². The van der Waals surface area contributed by atoms with Crippen molar-refractivity contribution in [1.82, 2.24) is 14.5 Å². The number of halogens is 1. The second-order valence-corrected chi connectivity index (χ2v) is 7.25. The van der Waals surface area contributed by atoms with Gasteiger partial charge in [-0.1, -0.05) is 6.92 Å². The van der Waals surface area contributed by atoms with Gasteiger partial charge in [0.05, 0.1) is 29.0 Å². The summed E-state index contributed by atoms with van der Waals surface area (Å²) in [7, 11) is 0. The van der Waals surface area contributed by atoms with Gasteiger partial charge >= 0.3 is 0 Å². The summed E-state index contributed by atoms with van der Waals surface area (Å²) in [5, 5.41) is 16.4. The molecule has 1 aliphatic rings. The zero-order valence-electron chi connectivity index (χ0n) is 14.3. The lowest BCUT2D eigenvalue weighted by Gasteiger charge is -2.21. The summed E-state index contributed by atoms with van der Waals surface area (Å²) in [5.41, 5.74) is 7.17. The molecule has 8 nitrogen and oxygen atoms in total. The summed E-state index contributed by atoms with van der Waals surface area (Å²) >= 11 is 3.42. The number of likely N-dealkylation sites (tertiary alicyclic amines) is 1. The second-order valence-electron chi connectivity index (χ2n) is 6.34. The van der Waals surface area contributed by atoms with Crippen molar-refractivity contribution < 1.29 is 9.59 Å². The molecule has 0 saturated carbocycles. The average Bonchev–Trinajstić information content (AvgIpc) is 3.17. The molecule has 2 aromatic rings. The van der Waals surface area contributed by atoms with Crippen LogP contribution in [0.1, 0.15) is 30.1 Å². The Bertz CT molecular complexity index is 903. The smallest absolute Gasteiger partial charge is 0.252 e. The molecule has 1 fully saturated rings. The molecule has 2 amide bonds. The molecule has 3 heterocycles. The molecule has 2 atom stereocenters. The van der Waals surface area contributed by atoms with Gasteiger partial charge in [0.15, 0.2) is 0 Å². The van der Waals surface area contributed by atoms with E-state index in [4.69, 9.17) is 11.0 Å². The summed E-state index contributed by atoms with van der Waals surface area (Å²) in [6.45, 7) is 3.13. The van der Waals surface area contributed by atoms with E-state index in [9.17, 15) is 9.59 Å². The first-order valence-corrected chi connectivity index (χ1v) is 9.11. The lowest BCUT2D eigenvalue weighted by Crippen LogP contribution is -2.32. The van der Waals surface area contributed by atoms with Crippen LogP contribution in [-0.4, -0.2) is 45.5 Å². The van der Waals surface area contributed by atoms with Crippen molar-refractivity contribution in [2.24, 2.45) is 11.7 Å². The van der Waals surface area contributed by atoms with Crippen LogP contribution in [0.15, 0.2) is 22.9 Å². The standard InChI is InChI=1S/C17H19BrN6O2/c1-2-10-7-23(15(25)3-4-19)9-13(10)22-16-12(17(20)26)6-21-24-8-11(18)5-14(16)24/h5-6,8,10,13,22H,2-3,7,9H2,1H3,(H2,20,26)/t10-,13-/m1/s1. The lowest BCUT2D eigenvalue weighted by molar-refractivity contribution is -0.129. The second kappa shape index (κ2) is 7.33. The summed E-state index contributed by atoms with van der Waals surface area (Å²) in [5.74, 6) is -0.524. The summed E-state index contributed by atoms with van der Waals surface area (Å²) in [6.07, 6.45) is 3.98. The van der Waals surface area contributed by atoms with Crippen molar-refractivity contribution in [2.75, 3.05) is 18.4 Å². The van der Waals surface area contributed by atoms with Gasteiger partial charge in [0.2, 0.25) is 5.91 Å². The van der Waals surface area contributed by atoms with E-state index in [2.05, 4.69) is 33.3 Å². The molecule has 1 aliphatic heterocycles. The molecular weight excluding hydrogens is 400 g/mol. The highest BCUT2D eigenvalue weighted by atomic mass is 79.9. The van der Waals surface area contributed by atoms with Crippen molar-refractivity contribution >= 4 is 38.9 Å². The third kappa shape index (κ3) is 3.37. The van der Waals surface area contributed by atoms with Crippen LogP contribution in [0.2, 0.25) is 0 Å². The molecule has 0 aliphatic carbocycles. The van der Waals surface area contributed by atoms with Gasteiger partial charge in [-0.05, 0) is 34.3 Å². The van der Waals surface area contributed by atoms with E-state index in [1.165, 1.54) is 6.20 Å². The van der Waals surface area contributed by atoms with Crippen LogP contribution >= 0.6 is 15.9 Å². The third-order valence-electron chi connectivity index (χ3n) is 4.75. The van der Waals surface area contributed by atoms with E-state index in [0.717, 1.165) is 16.4 Å². The first kappa shape index (κ1) is 18.2. The van der Waals surface area contributed by atoms with Crippen molar-refractivity contribution in [2.45, 2.75) is 25.8 Å². The number of hydrogen-bond donors (Lipinski definition) is 2. The molecule has 0 unspecified atom stereocenters. The Hall–Kier alpha value is -2.60. The predicted molar refractivity (Wildman–Crippen MR) is 99.4 cm³/mol. The zero-order valence-corrected chi connectivity index (χ0v) is 15.9. The van der Waals surface area contributed by atoms with E-state index in [1.54, 1.807) is 15.6 Å². The van der Waals surface area contributed by atoms with E-state index in [-0.39, 0.29) is 24.3 Å². The summed E-state index contributed by atoms with van der Waals surface area (Å²) in [6, 6.07) is 3.72. The molecule has 9 heteroatoms. The number of aromatic nitrogens is 2. The fourth-order valence-corrected chi connectivity index (χ4v) is 3.79. The number of fused-ring (bicyclic) bond motifs is 1. The van der Waals surface area contributed by atoms with E-state index in [1.807, 2.05) is 12.1 Å². The summed E-state index contributed by atoms with van der Waals surface area (Å²) < 4.78 is 2.49. The number of nitrogens with one attached hydrogen (secondary N) is 1. The lowest BCUT2D eigenvalue weighted by atomic mass is 10.00. The number of rotatable bonds is 5. The van der Waals surface area contributed by atoms with E-state index in [0.29, 0.717) is 24.3 Å². The highest BCUT2D eigenvalue weighted by Crippen LogP contribution is 2.30. The number of nitrogens with two attached hydrogens (primary N) is 1. The maximum Gasteiger partial charge on any atom is 0.252 e. The van der Waals surface area contributed by atoms with Crippen LogP contribution in [0.25, 0.3) is 5.52 Å². The number of amides is 2. The van der Waals surface area contributed by atoms with Crippen molar-refractivity contribution in [3.63, 3.8) is 0 Å². The Morgan fingerprint density at radius 2 is 2.27 bits per heavy atom. The normalized spacial score (nSPS) is 19.5. The van der Waals surface area contributed by atoms with Gasteiger partial charge in [0.25, 0.3) is 5.91 Å². The number of hydrogen-bond acceptors (Lipinski definition) is 5. The first-order valence-electron chi connectivity index (χ1n) is 8.32. The number of nitrogens with zero attached hydrogens (tertiary/aromatic N) is 4. The van der Waals surface area contributed by atoms with Crippen LogP contribution in [0.4, 0.5) is 5.69 Å². The van der Waals surface area contributed by atoms with Crippen LogP contribution in [0.3, 0.4) is 0 Å². The minimum Gasteiger partial charge on any atom is -0.378 e. The molecule has 0 radical (unpaired) electrons. The molecule has 3 N–H and O–H groups in total. The van der Waals surface area contributed by atoms with Gasteiger partial charge in [-0.3, -0.25) is 9.59 Å². The Morgan fingerprint density at radius 3 is 2.92 bits per heavy atom. The maximum absolute atomic E-state index is 12.1. The van der Waals surface area contributed by atoms with Gasteiger partial charge in [-0.2, -0.15) is 10.4 Å². The molecule has 0 aromatic carbocycles. The van der Waals surface area contributed by atoms with Crippen LogP contribution in [-0.2, 0) is 4.79 Å². The monoisotopic (exact) mass is 418 g/mol. The molecule has 1 saturated heterocycles. The number of carbonyl (C=O) groups excluding carboxylic acids is 2. The average molecular weight is 419 g/mol. The number of carbonyl (C=O) groups is 2. The topological polar surface area (TPSA) is 117 Å². The highest BCUT2D eigenvalue weighted by molar-refractivity contribution is 9.10. The highest BCUT2D eigenvalue weighted by Gasteiger charge is 2.34. The Morgan fingerprint density at radius 1 is 1.50 bits per heavy atom. The fraction of sp³-hybridized carbons (Fsp3) is 0.412. The quantitative estimate of drug-likeness (QED) is 0.766. The molecule has 26 heavy (non-hydrogen) atoms. The van der Waals surface area contributed by atoms with Crippen molar-refractivity contribution in [1.29, 1.82) is 5.26 Å². The first-order chi connectivity index (χ1) is 12.4. The number of anilines is 1. The zero-order chi connectivity index (χ0) is 18.8. The van der Waals surface area contributed by atoms with Gasteiger partial charge in [-0.15, -0.1) is 0 Å². The van der Waals surface area contributed by atoms with E-state index < -0.39 is 5.91 Å². The third-order valence-corrected chi connectivity index (χ3v) is 5.18. The Kier molecular flexibility index (Phi) is 5.13. The SMILES string of the molecule is CC[C@@H]1CN(C(=O)CC#N)C[C@H]1Nc1c(C(N)=O)cnn2cc(Br)cc12. The minimum absolute atomic E-state index is 0.0411. The van der Waals surface area contributed by atoms with Crippen LogP contribution in [0.5, 0.6) is 0 Å². The Balaban J connectivity index is 1.94. The van der Waals surface area contributed by atoms with Gasteiger partial charge < -0.3 is 16.0 Å². The van der Waals surface area contributed by atoms with Crippen molar-refractivity contribution in [3.05, 3.63) is 28.5 Å². The molecular formula is C17H19BrN6O2. The van der Waals surface area contributed by atoms with Gasteiger partial charge in [0, 0.05) is 29.8 Å². The minimum atomic E-state index is -0.566. The van der Waals surface area contributed by atoms with Crippen molar-refractivity contribution in [3.8, 4) is 6.07 Å².